The molecule has 9 heteroatoms. The molecule has 0 N–H and O–H groups in total. The number of alkyl halides is 2. The molecule has 6 nitrogen and oxygen atoms in total. The molecule has 3 aromatic rings. The van der Waals surface area contributed by atoms with E-state index in [1.54, 1.807) is 31.2 Å². The number of aryl methyl sites for hydroxylation is 1. The van der Waals surface area contributed by atoms with E-state index in [0.29, 0.717) is 22.7 Å². The number of nitrogens with zero attached hydrogens (tertiary/aromatic N) is 5. The number of piperidine rings is 1. The summed E-state index contributed by atoms with van der Waals surface area (Å²) in [5, 5.41) is 4.12. The van der Waals surface area contributed by atoms with Crippen LogP contribution in [-0.4, -0.2) is 49.4 Å². The third-order valence-electron chi connectivity index (χ3n) is 4.59. The third kappa shape index (κ3) is 3.64. The van der Waals surface area contributed by atoms with E-state index in [2.05, 4.69) is 37.7 Å². The number of carbonyl (C=O) groups is 1. The second-order valence-electron chi connectivity index (χ2n) is 6.75. The van der Waals surface area contributed by atoms with E-state index < -0.39 is 24.3 Å². The minimum absolute atomic E-state index is 0.193. The number of hydrogen-bond donors (Lipinski definition) is 0. The van der Waals surface area contributed by atoms with E-state index in [1.165, 1.54) is 15.7 Å². The number of benzene rings is 1. The van der Waals surface area contributed by atoms with Crippen molar-refractivity contribution in [2.24, 2.45) is 0 Å². The number of hydrogen-bond acceptors (Lipinski definition) is 4. The first-order valence-corrected chi connectivity index (χ1v) is 9.50. The molecule has 1 aromatic carbocycles. The van der Waals surface area contributed by atoms with Crippen molar-refractivity contribution in [1.82, 2.24) is 24.5 Å². The molecular formula is C18H16F2IN5O. The van der Waals surface area contributed by atoms with Gasteiger partial charge in [0.25, 0.3) is 17.6 Å². The molecule has 140 valence electrons. The fraction of sp³-hybridized carbons (Fsp3) is 0.333. The van der Waals surface area contributed by atoms with Gasteiger partial charge >= 0.3 is 0 Å². The van der Waals surface area contributed by atoms with Crippen molar-refractivity contribution in [3.05, 3.63) is 57.2 Å². The van der Waals surface area contributed by atoms with Crippen LogP contribution in [0.25, 0.3) is 5.78 Å². The Hall–Kier alpha value is -2.17. The SMILES string of the molecule is Cc1cc(C2CN(C(=O)c3cccc(I)c3)CC(F)(F)C2)n2ncnc2n1. The van der Waals surface area contributed by atoms with E-state index in [9.17, 15) is 13.6 Å². The molecule has 1 amide bonds. The first-order valence-electron chi connectivity index (χ1n) is 8.42. The maximum absolute atomic E-state index is 14.5. The van der Waals surface area contributed by atoms with Crippen LogP contribution in [0.4, 0.5) is 8.78 Å². The fourth-order valence-electron chi connectivity index (χ4n) is 3.51. The van der Waals surface area contributed by atoms with Crippen LogP contribution in [0, 0.1) is 10.5 Å². The zero-order valence-corrected chi connectivity index (χ0v) is 16.6. The van der Waals surface area contributed by atoms with Crippen molar-refractivity contribution in [3.63, 3.8) is 0 Å². The monoisotopic (exact) mass is 483 g/mol. The van der Waals surface area contributed by atoms with Gasteiger partial charge in [0.2, 0.25) is 0 Å². The summed E-state index contributed by atoms with van der Waals surface area (Å²) in [6.45, 7) is 1.39. The van der Waals surface area contributed by atoms with E-state index in [1.807, 2.05) is 6.07 Å². The lowest BCUT2D eigenvalue weighted by atomic mass is 9.91. The molecule has 1 aliphatic rings. The summed E-state index contributed by atoms with van der Waals surface area (Å²) in [7, 11) is 0. The Morgan fingerprint density at radius 2 is 2.15 bits per heavy atom. The maximum atomic E-state index is 14.5. The van der Waals surface area contributed by atoms with Crippen molar-refractivity contribution in [2.75, 3.05) is 13.1 Å². The van der Waals surface area contributed by atoms with Crippen LogP contribution in [0.1, 0.15) is 34.1 Å². The number of halogens is 3. The van der Waals surface area contributed by atoms with Gasteiger partial charge in [-0.2, -0.15) is 10.1 Å². The minimum atomic E-state index is -2.98. The summed E-state index contributed by atoms with van der Waals surface area (Å²) >= 11 is 2.10. The molecule has 1 fully saturated rings. The van der Waals surface area contributed by atoms with E-state index >= 15 is 0 Å². The molecule has 1 unspecified atom stereocenters. The molecule has 0 aliphatic carbocycles. The largest absolute Gasteiger partial charge is 0.332 e. The summed E-state index contributed by atoms with van der Waals surface area (Å²) in [6.07, 6.45) is 1.00. The van der Waals surface area contributed by atoms with Gasteiger partial charge in [0, 0.05) is 33.7 Å². The lowest BCUT2D eigenvalue weighted by Gasteiger charge is -2.37. The molecule has 3 heterocycles. The van der Waals surface area contributed by atoms with Crippen molar-refractivity contribution in [3.8, 4) is 0 Å². The normalized spacial score (nSPS) is 19.4. The molecule has 2 aromatic heterocycles. The molecule has 1 aliphatic heterocycles. The summed E-state index contributed by atoms with van der Waals surface area (Å²) in [5.41, 5.74) is 1.68. The van der Waals surface area contributed by atoms with Crippen molar-refractivity contribution in [2.45, 2.75) is 25.2 Å². The van der Waals surface area contributed by atoms with Gasteiger partial charge in [0.15, 0.2) is 0 Å². The van der Waals surface area contributed by atoms with Gasteiger partial charge in [-0.25, -0.2) is 18.3 Å². The zero-order chi connectivity index (χ0) is 19.2. The maximum Gasteiger partial charge on any atom is 0.266 e. The average molecular weight is 483 g/mol. The third-order valence-corrected chi connectivity index (χ3v) is 5.26. The highest BCUT2D eigenvalue weighted by Gasteiger charge is 2.43. The van der Waals surface area contributed by atoms with Gasteiger partial charge in [-0.1, -0.05) is 6.07 Å². The predicted molar refractivity (Wildman–Crippen MR) is 103 cm³/mol. The number of aromatic nitrogens is 4. The van der Waals surface area contributed by atoms with Gasteiger partial charge in [0.1, 0.15) is 6.33 Å². The highest BCUT2D eigenvalue weighted by molar-refractivity contribution is 14.1. The highest BCUT2D eigenvalue weighted by atomic mass is 127. The molecule has 0 radical (unpaired) electrons. The second kappa shape index (κ2) is 6.77. The van der Waals surface area contributed by atoms with Crippen LogP contribution in [0.15, 0.2) is 36.7 Å². The van der Waals surface area contributed by atoms with Gasteiger partial charge in [-0.05, 0) is 53.8 Å². The van der Waals surface area contributed by atoms with Gasteiger partial charge in [0.05, 0.1) is 12.2 Å². The Labute approximate surface area is 167 Å². The molecular weight excluding hydrogens is 467 g/mol. The first-order chi connectivity index (χ1) is 12.8. The molecule has 0 bridgehead atoms. The Kier molecular flexibility index (Phi) is 4.57. The van der Waals surface area contributed by atoms with E-state index in [4.69, 9.17) is 0 Å². The Morgan fingerprint density at radius 1 is 1.33 bits per heavy atom. The van der Waals surface area contributed by atoms with Crippen LogP contribution in [0.3, 0.4) is 0 Å². The Balaban J connectivity index is 1.70. The second-order valence-corrected chi connectivity index (χ2v) is 7.99. The van der Waals surface area contributed by atoms with Crippen LogP contribution < -0.4 is 0 Å². The van der Waals surface area contributed by atoms with Crippen LogP contribution in [0.5, 0.6) is 0 Å². The number of likely N-dealkylation sites (tertiary alicyclic amines) is 1. The predicted octanol–water partition coefficient (Wildman–Crippen LogP) is 3.30. The molecule has 1 atom stereocenters. The fourth-order valence-corrected chi connectivity index (χ4v) is 4.05. The summed E-state index contributed by atoms with van der Waals surface area (Å²) < 4.78 is 31.4. The van der Waals surface area contributed by atoms with Crippen LogP contribution >= 0.6 is 22.6 Å². The molecule has 0 spiro atoms. The van der Waals surface area contributed by atoms with Gasteiger partial charge < -0.3 is 4.90 Å². The number of rotatable bonds is 2. The summed E-state index contributed by atoms with van der Waals surface area (Å²) in [5.74, 6) is -3.57. The first kappa shape index (κ1) is 18.2. The molecule has 0 saturated carbocycles. The van der Waals surface area contributed by atoms with Gasteiger partial charge in [-0.3, -0.25) is 4.79 Å². The van der Waals surface area contributed by atoms with Crippen molar-refractivity contribution >= 4 is 34.3 Å². The van der Waals surface area contributed by atoms with Gasteiger partial charge in [-0.15, -0.1) is 0 Å². The standard InChI is InChI=1S/C18H16F2IN5O/c1-11-5-15(26-17(24-11)22-10-23-26)13-7-18(19,20)9-25(8-13)16(27)12-3-2-4-14(21)6-12/h2-6,10,13H,7-9H2,1H3. The Bertz CT molecular complexity index is 1020. The quantitative estimate of drug-likeness (QED) is 0.525. The topological polar surface area (TPSA) is 63.4 Å². The number of fused-ring (bicyclic) bond motifs is 1. The average Bonchev–Trinajstić information content (AvgIpc) is 3.07. The Morgan fingerprint density at radius 3 is 2.93 bits per heavy atom. The zero-order valence-electron chi connectivity index (χ0n) is 14.4. The molecule has 27 heavy (non-hydrogen) atoms. The van der Waals surface area contributed by atoms with Crippen LogP contribution in [-0.2, 0) is 0 Å². The minimum Gasteiger partial charge on any atom is -0.332 e. The van der Waals surface area contributed by atoms with Crippen molar-refractivity contribution in [1.29, 1.82) is 0 Å². The summed E-state index contributed by atoms with van der Waals surface area (Å²) in [4.78, 5) is 22.4. The lowest BCUT2D eigenvalue weighted by Crippen LogP contribution is -2.49. The van der Waals surface area contributed by atoms with E-state index in [0.717, 1.165) is 3.57 Å². The summed E-state index contributed by atoms with van der Waals surface area (Å²) in [6, 6.07) is 8.70. The number of amides is 1. The smallest absolute Gasteiger partial charge is 0.266 e. The van der Waals surface area contributed by atoms with E-state index in [-0.39, 0.29) is 13.0 Å². The van der Waals surface area contributed by atoms with Crippen LogP contribution in [0.2, 0.25) is 0 Å². The van der Waals surface area contributed by atoms with Crippen molar-refractivity contribution < 1.29 is 13.6 Å². The molecule has 4 rings (SSSR count). The number of carbonyl (C=O) groups excluding carboxylic acids is 1. The molecule has 1 saturated heterocycles. The highest BCUT2D eigenvalue weighted by Crippen LogP contribution is 2.36. The lowest BCUT2D eigenvalue weighted by molar-refractivity contribution is -0.0641.